The molecule has 6 nitrogen and oxygen atoms in total. The van der Waals surface area contributed by atoms with E-state index in [2.05, 4.69) is 15.3 Å². The highest BCUT2D eigenvalue weighted by Crippen LogP contribution is 2.21. The summed E-state index contributed by atoms with van der Waals surface area (Å²) in [6.07, 6.45) is 0. The highest BCUT2D eigenvalue weighted by atomic mass is 32.1. The first-order valence-corrected chi connectivity index (χ1v) is 5.48. The summed E-state index contributed by atoms with van der Waals surface area (Å²) < 4.78 is 6.72. The first-order valence-electron chi connectivity index (χ1n) is 4.66. The maximum Gasteiger partial charge on any atom is 0.234 e. The van der Waals surface area contributed by atoms with Crippen LogP contribution < -0.4 is 5.73 Å². The van der Waals surface area contributed by atoms with Crippen molar-refractivity contribution < 1.29 is 4.74 Å². The Morgan fingerprint density at radius 1 is 1.53 bits per heavy atom. The van der Waals surface area contributed by atoms with Crippen molar-refractivity contribution in [3.05, 3.63) is 10.8 Å². The molecule has 7 heteroatoms. The topological polar surface area (TPSA) is 78.3 Å². The second kappa shape index (κ2) is 4.21. The van der Waals surface area contributed by atoms with E-state index in [9.17, 15) is 0 Å². The highest BCUT2D eigenvalue weighted by molar-refractivity contribution is 7.16. The first kappa shape index (κ1) is 10.5. The Morgan fingerprint density at radius 3 is 3.00 bits per heavy atom. The van der Waals surface area contributed by atoms with Crippen molar-refractivity contribution in [3.8, 4) is 0 Å². The minimum atomic E-state index is 0.257. The molecule has 2 rings (SSSR count). The van der Waals surface area contributed by atoms with Gasteiger partial charge in [0.15, 0.2) is 5.82 Å². The quantitative estimate of drug-likeness (QED) is 0.817. The van der Waals surface area contributed by atoms with Crippen molar-refractivity contribution >= 4 is 16.3 Å². The van der Waals surface area contributed by atoms with Gasteiger partial charge < -0.3 is 10.5 Å². The van der Waals surface area contributed by atoms with Gasteiger partial charge in [-0.3, -0.25) is 0 Å². The van der Waals surface area contributed by atoms with Crippen LogP contribution in [0.3, 0.4) is 0 Å². The van der Waals surface area contributed by atoms with Gasteiger partial charge in [-0.2, -0.15) is 9.61 Å². The molecule has 0 aliphatic rings. The molecule has 0 spiro atoms. The molecular weight excluding hydrogens is 214 g/mol. The van der Waals surface area contributed by atoms with Gasteiger partial charge in [0.1, 0.15) is 11.6 Å². The van der Waals surface area contributed by atoms with E-state index >= 15 is 0 Å². The molecule has 1 atom stereocenters. The maximum atomic E-state index is 5.59. The Bertz CT molecular complexity index is 451. The van der Waals surface area contributed by atoms with Gasteiger partial charge in [0.2, 0.25) is 4.96 Å². The molecular formula is C8H13N5OS. The Morgan fingerprint density at radius 2 is 2.33 bits per heavy atom. The van der Waals surface area contributed by atoms with Gasteiger partial charge in [-0.25, -0.2) is 0 Å². The van der Waals surface area contributed by atoms with Crippen LogP contribution in [-0.2, 0) is 11.3 Å². The molecule has 0 amide bonds. The molecule has 2 heterocycles. The lowest BCUT2D eigenvalue weighted by molar-refractivity contribution is 0.176. The van der Waals surface area contributed by atoms with Crippen LogP contribution in [0.5, 0.6) is 0 Å². The second-order valence-corrected chi connectivity index (χ2v) is 4.31. The fourth-order valence-corrected chi connectivity index (χ4v) is 2.11. The van der Waals surface area contributed by atoms with E-state index in [0.717, 1.165) is 15.8 Å². The van der Waals surface area contributed by atoms with Crippen molar-refractivity contribution in [2.24, 2.45) is 5.73 Å². The van der Waals surface area contributed by atoms with E-state index in [0.29, 0.717) is 13.2 Å². The number of hydrogen-bond acceptors (Lipinski definition) is 6. The number of fused-ring (bicyclic) bond motifs is 1. The molecule has 2 aromatic heterocycles. The zero-order valence-electron chi connectivity index (χ0n) is 8.67. The number of methoxy groups -OCH3 is 1. The summed E-state index contributed by atoms with van der Waals surface area (Å²) in [5.41, 5.74) is 5.59. The zero-order chi connectivity index (χ0) is 10.8. The number of nitrogens with zero attached hydrogens (tertiary/aromatic N) is 4. The van der Waals surface area contributed by atoms with Crippen molar-refractivity contribution in [2.45, 2.75) is 19.4 Å². The number of hydrogen-bond donors (Lipinski definition) is 1. The SMILES string of the molecule is COCc1nnc2sc(C(C)CN)nn12. The molecule has 2 aromatic rings. The predicted molar refractivity (Wildman–Crippen MR) is 56.8 cm³/mol. The van der Waals surface area contributed by atoms with Gasteiger partial charge in [-0.15, -0.1) is 10.2 Å². The molecule has 0 aliphatic carbocycles. The molecule has 82 valence electrons. The monoisotopic (exact) mass is 227 g/mol. The molecule has 0 radical (unpaired) electrons. The second-order valence-electron chi connectivity index (χ2n) is 3.32. The lowest BCUT2D eigenvalue weighted by Gasteiger charge is -2.00. The Labute approximate surface area is 91.1 Å². The summed E-state index contributed by atoms with van der Waals surface area (Å²) in [5, 5.41) is 13.4. The van der Waals surface area contributed by atoms with Crippen LogP contribution in [0, 0.1) is 0 Å². The van der Waals surface area contributed by atoms with Gasteiger partial charge in [-0.05, 0) is 0 Å². The lowest BCUT2D eigenvalue weighted by atomic mass is 10.2. The Kier molecular flexibility index (Phi) is 2.94. The van der Waals surface area contributed by atoms with Crippen molar-refractivity contribution in [1.29, 1.82) is 0 Å². The molecule has 0 aliphatic heterocycles. The average molecular weight is 227 g/mol. The van der Waals surface area contributed by atoms with Gasteiger partial charge >= 0.3 is 0 Å². The molecule has 1 unspecified atom stereocenters. The van der Waals surface area contributed by atoms with E-state index < -0.39 is 0 Å². The first-order chi connectivity index (χ1) is 7.26. The molecule has 0 fully saturated rings. The van der Waals surface area contributed by atoms with E-state index in [1.807, 2.05) is 6.92 Å². The highest BCUT2D eigenvalue weighted by Gasteiger charge is 2.14. The summed E-state index contributed by atoms with van der Waals surface area (Å²) in [6, 6.07) is 0. The minimum Gasteiger partial charge on any atom is -0.377 e. The van der Waals surface area contributed by atoms with Crippen LogP contribution in [0.15, 0.2) is 0 Å². The van der Waals surface area contributed by atoms with Crippen LogP contribution in [0.4, 0.5) is 0 Å². The Hall–Kier alpha value is -1.05. The largest absolute Gasteiger partial charge is 0.377 e. The standard InChI is InChI=1S/C8H13N5OS/c1-5(3-9)7-12-13-6(4-14-2)10-11-8(13)15-7/h5H,3-4,9H2,1-2H3. The average Bonchev–Trinajstić information content (AvgIpc) is 2.79. The fraction of sp³-hybridized carbons (Fsp3) is 0.625. The third kappa shape index (κ3) is 1.85. The van der Waals surface area contributed by atoms with Gasteiger partial charge in [0.25, 0.3) is 0 Å². The molecule has 2 N–H and O–H groups in total. The summed E-state index contributed by atoms with van der Waals surface area (Å²) in [7, 11) is 1.62. The number of aromatic nitrogens is 4. The van der Waals surface area contributed by atoms with Crippen molar-refractivity contribution in [3.63, 3.8) is 0 Å². The number of ether oxygens (including phenoxy) is 1. The summed E-state index contributed by atoms with van der Waals surface area (Å²) in [5.74, 6) is 0.978. The lowest BCUT2D eigenvalue weighted by Crippen LogP contribution is -2.09. The molecule has 0 saturated carbocycles. The molecule has 0 aromatic carbocycles. The molecule has 0 saturated heterocycles. The molecule has 0 bridgehead atoms. The van der Waals surface area contributed by atoms with E-state index in [1.54, 1.807) is 11.6 Å². The van der Waals surface area contributed by atoms with E-state index in [-0.39, 0.29) is 5.92 Å². The minimum absolute atomic E-state index is 0.257. The van der Waals surface area contributed by atoms with E-state index in [4.69, 9.17) is 10.5 Å². The zero-order valence-corrected chi connectivity index (χ0v) is 9.49. The van der Waals surface area contributed by atoms with Crippen molar-refractivity contribution in [1.82, 2.24) is 19.8 Å². The summed E-state index contributed by atoms with van der Waals surface area (Å²) >= 11 is 1.52. The van der Waals surface area contributed by atoms with Crippen LogP contribution in [-0.4, -0.2) is 33.5 Å². The number of rotatable bonds is 4. The van der Waals surface area contributed by atoms with Gasteiger partial charge in [-0.1, -0.05) is 18.3 Å². The predicted octanol–water partition coefficient (Wildman–Crippen LogP) is 0.394. The fourth-order valence-electron chi connectivity index (χ4n) is 1.19. The Balaban J connectivity index is 2.38. The van der Waals surface area contributed by atoms with Crippen molar-refractivity contribution in [2.75, 3.05) is 13.7 Å². The third-order valence-electron chi connectivity index (χ3n) is 2.12. The number of nitrogens with two attached hydrogens (primary N) is 1. The normalized spacial score (nSPS) is 13.5. The van der Waals surface area contributed by atoms with E-state index in [1.165, 1.54) is 11.3 Å². The summed E-state index contributed by atoms with van der Waals surface area (Å²) in [6.45, 7) is 3.05. The summed E-state index contributed by atoms with van der Waals surface area (Å²) in [4.78, 5) is 0.789. The smallest absolute Gasteiger partial charge is 0.234 e. The van der Waals surface area contributed by atoms with Crippen LogP contribution in [0.2, 0.25) is 0 Å². The van der Waals surface area contributed by atoms with Crippen LogP contribution >= 0.6 is 11.3 Å². The maximum absolute atomic E-state index is 5.59. The van der Waals surface area contributed by atoms with Crippen LogP contribution in [0.25, 0.3) is 4.96 Å². The van der Waals surface area contributed by atoms with Gasteiger partial charge in [0.05, 0.1) is 0 Å². The molecule has 15 heavy (non-hydrogen) atoms. The van der Waals surface area contributed by atoms with Crippen LogP contribution in [0.1, 0.15) is 23.7 Å². The third-order valence-corrected chi connectivity index (χ3v) is 3.25. The van der Waals surface area contributed by atoms with Gasteiger partial charge in [0, 0.05) is 19.6 Å².